The van der Waals surface area contributed by atoms with Crippen molar-refractivity contribution in [3.8, 4) is 5.88 Å². The molecular formula is C16H19N3O2. The molecule has 1 aromatic heterocycles. The van der Waals surface area contributed by atoms with Gasteiger partial charge in [0.05, 0.1) is 7.11 Å². The summed E-state index contributed by atoms with van der Waals surface area (Å²) in [7, 11) is 1.55. The average molecular weight is 285 g/mol. The van der Waals surface area contributed by atoms with E-state index in [0.717, 1.165) is 11.1 Å². The molecule has 3 N–H and O–H groups in total. The Kier molecular flexibility index (Phi) is 5.29. The number of nitrogens with zero attached hydrogens (tertiary/aromatic N) is 1. The third-order valence-corrected chi connectivity index (χ3v) is 3.15. The quantitative estimate of drug-likeness (QED) is 0.848. The third kappa shape index (κ3) is 4.29. The van der Waals surface area contributed by atoms with Crippen molar-refractivity contribution in [2.24, 2.45) is 5.73 Å². The van der Waals surface area contributed by atoms with Gasteiger partial charge < -0.3 is 15.8 Å². The van der Waals surface area contributed by atoms with Gasteiger partial charge in [0, 0.05) is 30.8 Å². The minimum atomic E-state index is -0.304. The predicted octanol–water partition coefficient (Wildman–Crippen LogP) is 1.80. The second-order valence-corrected chi connectivity index (χ2v) is 4.67. The van der Waals surface area contributed by atoms with E-state index in [2.05, 4.69) is 10.3 Å². The molecule has 2 aromatic rings. The summed E-state index contributed by atoms with van der Waals surface area (Å²) in [5.74, 6) is 0.419. The lowest BCUT2D eigenvalue weighted by Crippen LogP contribution is -2.27. The van der Waals surface area contributed by atoms with E-state index in [0.29, 0.717) is 12.4 Å². The highest BCUT2D eigenvalue weighted by Crippen LogP contribution is 2.15. The van der Waals surface area contributed by atoms with Crippen molar-refractivity contribution >= 4 is 5.91 Å². The standard InChI is InChI=1S/C16H19N3O2/c1-21-16-13(8-5-9-18-16)11-19-15(20)10-14(17)12-6-3-2-4-7-12/h2-9,14H,10-11,17H2,1H3,(H,19,20). The number of ether oxygens (including phenoxy) is 1. The molecule has 1 unspecified atom stereocenters. The van der Waals surface area contributed by atoms with E-state index in [1.165, 1.54) is 0 Å². The topological polar surface area (TPSA) is 77.2 Å². The van der Waals surface area contributed by atoms with Crippen molar-refractivity contribution in [1.82, 2.24) is 10.3 Å². The van der Waals surface area contributed by atoms with E-state index >= 15 is 0 Å². The zero-order valence-corrected chi connectivity index (χ0v) is 12.0. The Balaban J connectivity index is 1.88. The smallest absolute Gasteiger partial charge is 0.222 e. The molecule has 0 aliphatic rings. The molecule has 0 radical (unpaired) electrons. The molecule has 0 bridgehead atoms. The van der Waals surface area contributed by atoms with E-state index in [1.807, 2.05) is 36.4 Å². The Morgan fingerprint density at radius 2 is 2.05 bits per heavy atom. The molecular weight excluding hydrogens is 266 g/mol. The Morgan fingerprint density at radius 1 is 1.29 bits per heavy atom. The van der Waals surface area contributed by atoms with E-state index in [1.54, 1.807) is 19.4 Å². The summed E-state index contributed by atoms with van der Waals surface area (Å²) in [5.41, 5.74) is 7.81. The second-order valence-electron chi connectivity index (χ2n) is 4.67. The molecule has 0 aliphatic carbocycles. The largest absolute Gasteiger partial charge is 0.481 e. The van der Waals surface area contributed by atoms with Crippen LogP contribution in [0.25, 0.3) is 0 Å². The number of hydrogen-bond acceptors (Lipinski definition) is 4. The number of nitrogens with one attached hydrogen (secondary N) is 1. The minimum Gasteiger partial charge on any atom is -0.481 e. The first kappa shape index (κ1) is 15.0. The number of nitrogens with two attached hydrogens (primary N) is 1. The minimum absolute atomic E-state index is 0.0998. The molecule has 0 saturated heterocycles. The molecule has 0 aliphatic heterocycles. The monoisotopic (exact) mass is 285 g/mol. The summed E-state index contributed by atoms with van der Waals surface area (Å²) in [4.78, 5) is 16.0. The molecule has 0 spiro atoms. The highest BCUT2D eigenvalue weighted by molar-refractivity contribution is 5.76. The molecule has 1 amide bonds. The van der Waals surface area contributed by atoms with Gasteiger partial charge in [0.1, 0.15) is 0 Å². The van der Waals surface area contributed by atoms with Gasteiger partial charge in [-0.1, -0.05) is 36.4 Å². The van der Waals surface area contributed by atoms with Crippen molar-refractivity contribution < 1.29 is 9.53 Å². The maximum absolute atomic E-state index is 11.9. The van der Waals surface area contributed by atoms with Gasteiger partial charge in [0.15, 0.2) is 0 Å². The molecule has 1 aromatic carbocycles. The summed E-state index contributed by atoms with van der Waals surface area (Å²) >= 11 is 0. The Hall–Kier alpha value is -2.40. The fraction of sp³-hybridized carbons (Fsp3) is 0.250. The molecule has 110 valence electrons. The normalized spacial score (nSPS) is 11.7. The van der Waals surface area contributed by atoms with Crippen LogP contribution in [-0.2, 0) is 11.3 Å². The van der Waals surface area contributed by atoms with Crippen LogP contribution < -0.4 is 15.8 Å². The number of amides is 1. The van der Waals surface area contributed by atoms with Crippen LogP contribution >= 0.6 is 0 Å². The molecule has 1 heterocycles. The first-order chi connectivity index (χ1) is 10.2. The number of aromatic nitrogens is 1. The van der Waals surface area contributed by atoms with Crippen molar-refractivity contribution in [3.63, 3.8) is 0 Å². The summed E-state index contributed by atoms with van der Waals surface area (Å²) in [6.07, 6.45) is 1.89. The number of methoxy groups -OCH3 is 1. The van der Waals surface area contributed by atoms with Crippen molar-refractivity contribution in [2.45, 2.75) is 19.0 Å². The molecule has 0 saturated carbocycles. The molecule has 2 rings (SSSR count). The van der Waals surface area contributed by atoms with Gasteiger partial charge in [-0.2, -0.15) is 0 Å². The van der Waals surface area contributed by atoms with Crippen molar-refractivity contribution in [3.05, 3.63) is 59.8 Å². The van der Waals surface area contributed by atoms with Crippen LogP contribution in [0.5, 0.6) is 5.88 Å². The molecule has 0 fully saturated rings. The van der Waals surface area contributed by atoms with E-state index in [9.17, 15) is 4.79 Å². The SMILES string of the molecule is COc1ncccc1CNC(=O)CC(N)c1ccccc1. The van der Waals surface area contributed by atoms with Crippen LogP contribution in [0.2, 0.25) is 0 Å². The van der Waals surface area contributed by atoms with E-state index < -0.39 is 0 Å². The highest BCUT2D eigenvalue weighted by atomic mass is 16.5. The number of hydrogen-bond donors (Lipinski definition) is 2. The lowest BCUT2D eigenvalue weighted by atomic mass is 10.0. The summed E-state index contributed by atoms with van der Waals surface area (Å²) in [6.45, 7) is 0.372. The van der Waals surface area contributed by atoms with Gasteiger partial charge in [-0.25, -0.2) is 4.98 Å². The van der Waals surface area contributed by atoms with Gasteiger partial charge in [0.2, 0.25) is 11.8 Å². The number of carbonyl (C=O) groups is 1. The van der Waals surface area contributed by atoms with Crippen molar-refractivity contribution in [2.75, 3.05) is 7.11 Å². The lowest BCUT2D eigenvalue weighted by molar-refractivity contribution is -0.121. The van der Waals surface area contributed by atoms with Crippen LogP contribution in [0.4, 0.5) is 0 Å². The molecule has 5 nitrogen and oxygen atoms in total. The number of carbonyl (C=O) groups excluding carboxylic acids is 1. The fourth-order valence-corrected chi connectivity index (χ4v) is 2.03. The Morgan fingerprint density at radius 3 is 2.76 bits per heavy atom. The van der Waals surface area contributed by atoms with Crippen LogP contribution in [-0.4, -0.2) is 18.0 Å². The van der Waals surface area contributed by atoms with Gasteiger partial charge in [0.25, 0.3) is 0 Å². The van der Waals surface area contributed by atoms with E-state index in [4.69, 9.17) is 10.5 Å². The van der Waals surface area contributed by atoms with Crippen LogP contribution in [0.3, 0.4) is 0 Å². The molecule has 5 heteroatoms. The molecule has 21 heavy (non-hydrogen) atoms. The maximum atomic E-state index is 11.9. The predicted molar refractivity (Wildman–Crippen MR) is 80.6 cm³/mol. The highest BCUT2D eigenvalue weighted by Gasteiger charge is 2.12. The Bertz CT molecular complexity index is 587. The van der Waals surface area contributed by atoms with Gasteiger partial charge >= 0.3 is 0 Å². The Labute approximate surface area is 124 Å². The van der Waals surface area contributed by atoms with Gasteiger partial charge in [-0.3, -0.25) is 4.79 Å². The van der Waals surface area contributed by atoms with Crippen LogP contribution in [0, 0.1) is 0 Å². The maximum Gasteiger partial charge on any atom is 0.222 e. The van der Waals surface area contributed by atoms with Crippen LogP contribution in [0.1, 0.15) is 23.6 Å². The zero-order chi connectivity index (χ0) is 15.1. The summed E-state index contributed by atoms with van der Waals surface area (Å²) < 4.78 is 5.14. The average Bonchev–Trinajstić information content (AvgIpc) is 2.54. The van der Waals surface area contributed by atoms with Crippen molar-refractivity contribution in [1.29, 1.82) is 0 Å². The first-order valence-electron chi connectivity index (χ1n) is 6.76. The van der Waals surface area contributed by atoms with Crippen LogP contribution in [0.15, 0.2) is 48.7 Å². The summed E-state index contributed by atoms with van der Waals surface area (Å²) in [6, 6.07) is 12.9. The first-order valence-corrected chi connectivity index (χ1v) is 6.76. The fourth-order valence-electron chi connectivity index (χ4n) is 2.03. The van der Waals surface area contributed by atoms with Gasteiger partial charge in [-0.15, -0.1) is 0 Å². The van der Waals surface area contributed by atoms with E-state index in [-0.39, 0.29) is 18.4 Å². The lowest BCUT2D eigenvalue weighted by Gasteiger charge is -2.13. The third-order valence-electron chi connectivity index (χ3n) is 3.15. The zero-order valence-electron chi connectivity index (χ0n) is 12.0. The number of pyridine rings is 1. The summed E-state index contributed by atoms with van der Waals surface area (Å²) in [5, 5.41) is 2.84. The molecule has 1 atom stereocenters. The number of rotatable bonds is 6. The van der Waals surface area contributed by atoms with Gasteiger partial charge in [-0.05, 0) is 11.6 Å². The number of benzene rings is 1. The second kappa shape index (κ2) is 7.40.